The van der Waals surface area contributed by atoms with E-state index in [1.165, 1.54) is 9.60 Å². The van der Waals surface area contributed by atoms with E-state index in [2.05, 4.69) is 44.2 Å². The summed E-state index contributed by atoms with van der Waals surface area (Å²) in [5.74, 6) is 0. The van der Waals surface area contributed by atoms with Gasteiger partial charge in [-0.2, -0.15) is 9.78 Å². The molecule has 0 aliphatic rings. The first kappa shape index (κ1) is 15.3. The molecule has 22 heavy (non-hydrogen) atoms. The Bertz CT molecular complexity index is 799. The number of aromatic nitrogens is 4. The number of aryl methyl sites for hydroxylation is 1. The molecule has 0 aliphatic heterocycles. The molecule has 0 saturated carbocycles. The number of hydrogen-bond acceptors (Lipinski definition) is 4. The molecule has 3 rings (SSSR count). The van der Waals surface area contributed by atoms with E-state index in [0.29, 0.717) is 6.04 Å². The second-order valence-electron chi connectivity index (χ2n) is 5.45. The molecule has 0 radical (unpaired) electrons. The van der Waals surface area contributed by atoms with Gasteiger partial charge in [-0.3, -0.25) is 0 Å². The van der Waals surface area contributed by atoms with Crippen LogP contribution in [0, 0.1) is 4.77 Å². The van der Waals surface area contributed by atoms with Crippen molar-refractivity contribution in [2.75, 3.05) is 7.05 Å². The fraction of sp³-hybridized carbons (Fsp3) is 0.400. The maximum absolute atomic E-state index is 5.44. The first-order chi connectivity index (χ1) is 10.6. The second-order valence-corrected chi connectivity index (χ2v) is 6.87. The summed E-state index contributed by atoms with van der Waals surface area (Å²) in [5, 5.41) is 5.54. The summed E-state index contributed by atoms with van der Waals surface area (Å²) < 4.78 is 5.88. The minimum absolute atomic E-state index is 0.297. The normalized spacial score (nSPS) is 14.3. The van der Waals surface area contributed by atoms with Crippen LogP contribution >= 0.6 is 23.6 Å². The molecule has 3 aromatic rings. The number of thiazole rings is 1. The molecular formula is C15H20N5S2+. The van der Waals surface area contributed by atoms with Crippen molar-refractivity contribution in [3.8, 4) is 0 Å². The van der Waals surface area contributed by atoms with Crippen molar-refractivity contribution in [3.63, 3.8) is 0 Å². The molecule has 2 aromatic heterocycles. The lowest BCUT2D eigenvalue weighted by Gasteiger charge is -2.19. The molecule has 5 nitrogen and oxygen atoms in total. The standard InChI is InChI=1S/C15H19N5S2/c1-4-19-9-16-20(15(19)21)10-18(3)11(2)14-17-12-7-5-6-8-13(12)22-14/h5-9,11H,4,10H2,1-3H3/p+1/t11-/m1/s1. The zero-order valence-corrected chi connectivity index (χ0v) is 14.6. The van der Waals surface area contributed by atoms with Crippen LogP contribution in [0.2, 0.25) is 0 Å². The molecule has 1 N–H and O–H groups in total. The number of benzene rings is 1. The van der Waals surface area contributed by atoms with Gasteiger partial charge < -0.3 is 9.47 Å². The monoisotopic (exact) mass is 334 g/mol. The van der Waals surface area contributed by atoms with Gasteiger partial charge in [0.2, 0.25) is 4.77 Å². The largest absolute Gasteiger partial charge is 0.311 e. The highest BCUT2D eigenvalue weighted by atomic mass is 32.1. The molecule has 0 bridgehead atoms. The third-order valence-corrected chi connectivity index (χ3v) is 5.62. The van der Waals surface area contributed by atoms with Crippen LogP contribution in [0.1, 0.15) is 24.9 Å². The number of rotatable bonds is 5. The third kappa shape index (κ3) is 2.84. The lowest BCUT2D eigenvalue weighted by molar-refractivity contribution is -0.933. The SMILES string of the molecule is CCn1cnn(C[NH+](C)[C@H](C)c2nc3ccccc3s2)c1=S. The fourth-order valence-electron chi connectivity index (χ4n) is 2.36. The zero-order chi connectivity index (χ0) is 15.7. The summed E-state index contributed by atoms with van der Waals surface area (Å²) in [6.45, 7) is 5.86. The molecular weight excluding hydrogens is 314 g/mol. The molecule has 116 valence electrons. The van der Waals surface area contributed by atoms with E-state index in [1.807, 2.05) is 15.3 Å². The van der Waals surface area contributed by atoms with Crippen LogP contribution in [0.3, 0.4) is 0 Å². The van der Waals surface area contributed by atoms with Gasteiger partial charge in [-0.15, -0.1) is 11.3 Å². The average Bonchev–Trinajstić information content (AvgIpc) is 3.10. The topological polar surface area (TPSA) is 40.1 Å². The molecule has 2 heterocycles. The van der Waals surface area contributed by atoms with Gasteiger partial charge in [0.05, 0.1) is 17.3 Å². The van der Waals surface area contributed by atoms with E-state index < -0.39 is 0 Å². The summed E-state index contributed by atoms with van der Waals surface area (Å²) in [7, 11) is 2.16. The molecule has 1 unspecified atom stereocenters. The van der Waals surface area contributed by atoms with E-state index >= 15 is 0 Å². The molecule has 7 heteroatoms. The molecule has 0 aliphatic carbocycles. The van der Waals surface area contributed by atoms with E-state index in [0.717, 1.165) is 28.5 Å². The molecule has 0 fully saturated rings. The van der Waals surface area contributed by atoms with Crippen molar-refractivity contribution in [2.45, 2.75) is 33.1 Å². The van der Waals surface area contributed by atoms with E-state index in [-0.39, 0.29) is 0 Å². The maximum atomic E-state index is 5.44. The summed E-state index contributed by atoms with van der Waals surface area (Å²) in [6, 6.07) is 8.58. The Morgan fingerprint density at radius 2 is 2.14 bits per heavy atom. The summed E-state index contributed by atoms with van der Waals surface area (Å²) in [4.78, 5) is 6.07. The smallest absolute Gasteiger partial charge is 0.202 e. The number of fused-ring (bicyclic) bond motifs is 1. The van der Waals surface area contributed by atoms with Gasteiger partial charge in [-0.25, -0.2) is 4.98 Å². The van der Waals surface area contributed by atoms with Crippen molar-refractivity contribution in [3.05, 3.63) is 40.4 Å². The number of nitrogens with one attached hydrogen (secondary N) is 1. The first-order valence-corrected chi connectivity index (χ1v) is 8.62. The Labute approximate surface area is 138 Å². The van der Waals surface area contributed by atoms with Crippen LogP contribution in [0.4, 0.5) is 0 Å². The quantitative estimate of drug-likeness (QED) is 0.728. The highest BCUT2D eigenvalue weighted by molar-refractivity contribution is 7.71. The van der Waals surface area contributed by atoms with Gasteiger partial charge in [-0.05, 0) is 38.2 Å². The number of para-hydroxylation sites is 1. The lowest BCUT2D eigenvalue weighted by Crippen LogP contribution is -3.08. The molecule has 1 aromatic carbocycles. The first-order valence-electron chi connectivity index (χ1n) is 7.40. The van der Waals surface area contributed by atoms with Crippen LogP contribution in [0.15, 0.2) is 30.6 Å². The highest BCUT2D eigenvalue weighted by Gasteiger charge is 2.20. The van der Waals surface area contributed by atoms with Crippen molar-refractivity contribution in [1.82, 2.24) is 19.3 Å². The Morgan fingerprint density at radius 1 is 1.36 bits per heavy atom. The van der Waals surface area contributed by atoms with Crippen LogP contribution in [-0.2, 0) is 13.2 Å². The molecule has 0 saturated heterocycles. The Morgan fingerprint density at radius 3 is 2.82 bits per heavy atom. The van der Waals surface area contributed by atoms with Gasteiger partial charge in [0.15, 0.2) is 11.7 Å². The Balaban J connectivity index is 1.80. The van der Waals surface area contributed by atoms with Crippen LogP contribution < -0.4 is 4.90 Å². The maximum Gasteiger partial charge on any atom is 0.202 e. The summed E-state index contributed by atoms with van der Waals surface area (Å²) >= 11 is 7.20. The molecule has 2 atom stereocenters. The number of hydrogen-bond donors (Lipinski definition) is 1. The van der Waals surface area contributed by atoms with Gasteiger partial charge in [-0.1, -0.05) is 12.1 Å². The Kier molecular flexibility index (Phi) is 4.37. The van der Waals surface area contributed by atoms with E-state index in [4.69, 9.17) is 17.2 Å². The minimum Gasteiger partial charge on any atom is -0.311 e. The average molecular weight is 334 g/mol. The van der Waals surface area contributed by atoms with Gasteiger partial charge in [0.25, 0.3) is 0 Å². The fourth-order valence-corrected chi connectivity index (χ4v) is 3.76. The van der Waals surface area contributed by atoms with Crippen LogP contribution in [0.5, 0.6) is 0 Å². The number of nitrogens with zero attached hydrogens (tertiary/aromatic N) is 4. The van der Waals surface area contributed by atoms with Crippen molar-refractivity contribution >= 4 is 33.8 Å². The van der Waals surface area contributed by atoms with E-state index in [1.54, 1.807) is 17.7 Å². The summed E-state index contributed by atoms with van der Waals surface area (Å²) in [6.07, 6.45) is 1.80. The predicted octanol–water partition coefficient (Wildman–Crippen LogP) is 2.28. The van der Waals surface area contributed by atoms with E-state index in [9.17, 15) is 0 Å². The molecule has 0 spiro atoms. The van der Waals surface area contributed by atoms with Crippen molar-refractivity contribution in [1.29, 1.82) is 0 Å². The zero-order valence-electron chi connectivity index (χ0n) is 13.0. The Hall–Kier alpha value is -1.57. The van der Waals surface area contributed by atoms with Gasteiger partial charge in [0.1, 0.15) is 12.4 Å². The lowest BCUT2D eigenvalue weighted by atomic mass is 10.3. The van der Waals surface area contributed by atoms with Gasteiger partial charge in [0, 0.05) is 6.54 Å². The predicted molar refractivity (Wildman–Crippen MR) is 91.6 cm³/mol. The molecule has 0 amide bonds. The minimum atomic E-state index is 0.297. The van der Waals surface area contributed by atoms with Gasteiger partial charge >= 0.3 is 0 Å². The van der Waals surface area contributed by atoms with Crippen molar-refractivity contribution in [2.24, 2.45) is 0 Å². The van der Waals surface area contributed by atoms with Crippen molar-refractivity contribution < 1.29 is 4.90 Å². The number of quaternary nitrogens is 1. The summed E-state index contributed by atoms with van der Waals surface area (Å²) in [5.41, 5.74) is 1.08. The second kappa shape index (κ2) is 6.28. The highest BCUT2D eigenvalue weighted by Crippen LogP contribution is 2.24. The van der Waals surface area contributed by atoms with Crippen LogP contribution in [0.25, 0.3) is 10.2 Å². The van der Waals surface area contributed by atoms with Crippen LogP contribution in [-0.4, -0.2) is 26.4 Å². The third-order valence-electron chi connectivity index (χ3n) is 3.96.